The van der Waals surface area contributed by atoms with Gasteiger partial charge in [-0.05, 0) is 91.8 Å². The number of hydrogen-bond acceptors (Lipinski definition) is 10. The summed E-state index contributed by atoms with van der Waals surface area (Å²) in [6.07, 6.45) is 0.185. The monoisotopic (exact) mass is 598 g/mol. The van der Waals surface area contributed by atoms with Crippen LogP contribution in [-0.2, 0) is 51.5 Å². The van der Waals surface area contributed by atoms with E-state index in [1.165, 1.54) is 13.8 Å². The number of carbonyl (C=O) groups excluding carboxylic acids is 6. The van der Waals surface area contributed by atoms with E-state index in [1.807, 2.05) is 0 Å². The molecule has 0 spiro atoms. The fourth-order valence-corrected chi connectivity index (χ4v) is 4.17. The van der Waals surface area contributed by atoms with Crippen LogP contribution in [0.5, 0.6) is 11.5 Å². The second kappa shape index (κ2) is 16.6. The summed E-state index contributed by atoms with van der Waals surface area (Å²) in [6.45, 7) is 9.17. The molecule has 0 aliphatic heterocycles. The maximum atomic E-state index is 12.3. The van der Waals surface area contributed by atoms with Crippen LogP contribution in [0.15, 0.2) is 24.3 Å². The molecule has 0 saturated carbocycles. The van der Waals surface area contributed by atoms with Crippen LogP contribution in [0.1, 0.15) is 66.5 Å². The lowest BCUT2D eigenvalue weighted by Gasteiger charge is -2.13. The summed E-state index contributed by atoms with van der Waals surface area (Å²) in [6, 6.07) is 6.99. The van der Waals surface area contributed by atoms with Gasteiger partial charge >= 0.3 is 23.9 Å². The van der Waals surface area contributed by atoms with E-state index in [-0.39, 0.29) is 45.6 Å². The van der Waals surface area contributed by atoms with Crippen molar-refractivity contribution in [3.05, 3.63) is 57.6 Å². The number of carbonyl (C=O) groups is 6. The maximum absolute atomic E-state index is 12.3. The summed E-state index contributed by atoms with van der Waals surface area (Å²) in [5, 5.41) is 4.93. The van der Waals surface area contributed by atoms with Gasteiger partial charge in [0.1, 0.15) is 37.8 Å². The molecule has 2 aromatic rings. The van der Waals surface area contributed by atoms with E-state index in [0.717, 1.165) is 11.1 Å². The van der Waals surface area contributed by atoms with Crippen molar-refractivity contribution in [1.82, 2.24) is 10.6 Å². The van der Waals surface area contributed by atoms with Gasteiger partial charge < -0.3 is 29.6 Å². The summed E-state index contributed by atoms with van der Waals surface area (Å²) >= 11 is 0. The smallest absolute Gasteiger partial charge is 0.330 e. The Kier molecular flexibility index (Phi) is 13.3. The zero-order chi connectivity index (χ0) is 32.1. The third-order valence-electron chi connectivity index (χ3n) is 6.02. The molecule has 0 aromatic heterocycles. The van der Waals surface area contributed by atoms with Gasteiger partial charge in [0.15, 0.2) is 0 Å². The SMILES string of the molecule is CC(=O)OCc1cc(C)c(OC(=O)CNC(=O)CCCC(=O)NCC(=O)Oc2c(C)cc(COC(C)=O)cc2C)c(C)c1. The summed E-state index contributed by atoms with van der Waals surface area (Å²) in [5.41, 5.74) is 4.22. The largest absolute Gasteiger partial charge is 0.461 e. The van der Waals surface area contributed by atoms with Gasteiger partial charge in [-0.2, -0.15) is 0 Å². The summed E-state index contributed by atoms with van der Waals surface area (Å²) in [5.74, 6) is -2.25. The molecular weight excluding hydrogens is 560 g/mol. The molecule has 43 heavy (non-hydrogen) atoms. The highest BCUT2D eigenvalue weighted by Gasteiger charge is 2.15. The molecule has 0 atom stereocenters. The molecule has 0 fully saturated rings. The third kappa shape index (κ3) is 12.3. The van der Waals surface area contributed by atoms with Crippen molar-refractivity contribution in [2.75, 3.05) is 13.1 Å². The van der Waals surface area contributed by atoms with Gasteiger partial charge in [0, 0.05) is 26.7 Å². The first kappa shape index (κ1) is 34.5. The Morgan fingerprint density at radius 2 is 0.907 bits per heavy atom. The van der Waals surface area contributed by atoms with E-state index in [1.54, 1.807) is 52.0 Å². The molecule has 12 nitrogen and oxygen atoms in total. The van der Waals surface area contributed by atoms with Gasteiger partial charge in [0.05, 0.1) is 0 Å². The number of hydrogen-bond donors (Lipinski definition) is 2. The third-order valence-corrected chi connectivity index (χ3v) is 6.02. The van der Waals surface area contributed by atoms with Crippen molar-refractivity contribution in [3.63, 3.8) is 0 Å². The zero-order valence-corrected chi connectivity index (χ0v) is 25.3. The Bertz CT molecular complexity index is 1230. The van der Waals surface area contributed by atoms with E-state index >= 15 is 0 Å². The quantitative estimate of drug-likeness (QED) is 0.244. The van der Waals surface area contributed by atoms with Crippen LogP contribution in [0.4, 0.5) is 0 Å². The number of rotatable bonds is 14. The van der Waals surface area contributed by atoms with Crippen molar-refractivity contribution >= 4 is 35.7 Å². The lowest BCUT2D eigenvalue weighted by atomic mass is 10.1. The topological polar surface area (TPSA) is 163 Å². The van der Waals surface area contributed by atoms with E-state index in [2.05, 4.69) is 10.6 Å². The van der Waals surface area contributed by atoms with Crippen LogP contribution in [0.2, 0.25) is 0 Å². The van der Waals surface area contributed by atoms with Gasteiger partial charge in [-0.1, -0.05) is 0 Å². The number of esters is 4. The minimum absolute atomic E-state index is 0.00781. The predicted octanol–water partition coefficient (Wildman–Crippen LogP) is 2.96. The number of amides is 2. The minimum atomic E-state index is -0.659. The van der Waals surface area contributed by atoms with Gasteiger partial charge in [0.25, 0.3) is 0 Å². The number of aryl methyl sites for hydroxylation is 4. The van der Waals surface area contributed by atoms with Crippen LogP contribution >= 0.6 is 0 Å². The van der Waals surface area contributed by atoms with Crippen molar-refractivity contribution < 1.29 is 47.7 Å². The van der Waals surface area contributed by atoms with Crippen LogP contribution in [0.3, 0.4) is 0 Å². The van der Waals surface area contributed by atoms with Gasteiger partial charge in [-0.25, -0.2) is 9.59 Å². The lowest BCUT2D eigenvalue weighted by Crippen LogP contribution is -2.33. The molecule has 2 amide bonds. The average Bonchev–Trinajstić information content (AvgIpc) is 2.92. The van der Waals surface area contributed by atoms with E-state index < -0.39 is 35.7 Å². The van der Waals surface area contributed by atoms with Crippen molar-refractivity contribution in [2.24, 2.45) is 0 Å². The highest BCUT2D eigenvalue weighted by molar-refractivity contribution is 5.85. The molecule has 0 aliphatic rings. The molecule has 0 aliphatic carbocycles. The average molecular weight is 599 g/mol. The van der Waals surface area contributed by atoms with Gasteiger partial charge in [0.2, 0.25) is 11.8 Å². The van der Waals surface area contributed by atoms with E-state index in [4.69, 9.17) is 18.9 Å². The molecule has 0 radical (unpaired) electrons. The van der Waals surface area contributed by atoms with Gasteiger partial charge in [-0.15, -0.1) is 0 Å². The van der Waals surface area contributed by atoms with Gasteiger partial charge in [-0.3, -0.25) is 19.2 Å². The Balaban J connectivity index is 1.70. The molecular formula is C31H38N2O10. The number of ether oxygens (including phenoxy) is 4. The molecule has 232 valence electrons. The number of nitrogens with one attached hydrogen (secondary N) is 2. The second-order valence-corrected chi connectivity index (χ2v) is 10.0. The maximum Gasteiger partial charge on any atom is 0.330 e. The molecule has 0 saturated heterocycles. The molecule has 12 heteroatoms. The highest BCUT2D eigenvalue weighted by atomic mass is 16.5. The molecule has 2 N–H and O–H groups in total. The summed E-state index contributed by atoms with van der Waals surface area (Å²) < 4.78 is 20.8. The van der Waals surface area contributed by atoms with E-state index in [0.29, 0.717) is 33.8 Å². The second-order valence-electron chi connectivity index (χ2n) is 10.0. The fourth-order valence-electron chi connectivity index (χ4n) is 4.17. The lowest BCUT2D eigenvalue weighted by molar-refractivity contribution is -0.143. The van der Waals surface area contributed by atoms with E-state index in [9.17, 15) is 28.8 Å². The van der Waals surface area contributed by atoms with Crippen molar-refractivity contribution in [2.45, 2.75) is 74.0 Å². The normalized spacial score (nSPS) is 10.4. The molecule has 0 heterocycles. The Morgan fingerprint density at radius 3 is 1.21 bits per heavy atom. The molecule has 0 unspecified atom stereocenters. The summed E-state index contributed by atoms with van der Waals surface area (Å²) in [7, 11) is 0. The standard InChI is InChI=1S/C31H38N2O10/c1-18-10-24(16-40-22(5)34)11-19(2)30(18)42-28(38)14-32-26(36)8-7-9-27(37)33-15-29(39)43-31-20(3)12-25(13-21(31)4)17-41-23(6)35/h10-13H,7-9,14-17H2,1-6H3,(H,32,36)(H,33,37). The van der Waals surface area contributed by atoms with Crippen LogP contribution in [0, 0.1) is 27.7 Å². The van der Waals surface area contributed by atoms with Crippen molar-refractivity contribution in [3.8, 4) is 11.5 Å². The van der Waals surface area contributed by atoms with Crippen LogP contribution in [-0.4, -0.2) is 48.8 Å². The first-order valence-corrected chi connectivity index (χ1v) is 13.7. The first-order valence-electron chi connectivity index (χ1n) is 13.7. The Morgan fingerprint density at radius 1 is 0.581 bits per heavy atom. The predicted molar refractivity (Wildman–Crippen MR) is 154 cm³/mol. The first-order chi connectivity index (χ1) is 20.2. The molecule has 2 aromatic carbocycles. The van der Waals surface area contributed by atoms with Crippen LogP contribution < -0.4 is 20.1 Å². The Hall–Kier alpha value is -4.74. The number of benzene rings is 2. The molecule has 2 rings (SSSR count). The minimum Gasteiger partial charge on any atom is -0.461 e. The Labute approximate surface area is 250 Å². The molecule has 0 bridgehead atoms. The zero-order valence-electron chi connectivity index (χ0n) is 25.3. The van der Waals surface area contributed by atoms with Crippen molar-refractivity contribution in [1.29, 1.82) is 0 Å². The van der Waals surface area contributed by atoms with Crippen LogP contribution in [0.25, 0.3) is 0 Å². The fraction of sp³-hybridized carbons (Fsp3) is 0.419. The highest BCUT2D eigenvalue weighted by Crippen LogP contribution is 2.26. The summed E-state index contributed by atoms with van der Waals surface area (Å²) in [4.78, 5) is 70.8.